The van der Waals surface area contributed by atoms with Crippen molar-refractivity contribution in [2.24, 2.45) is 0 Å². The van der Waals surface area contributed by atoms with Gasteiger partial charge in [0.1, 0.15) is 0 Å². The molecule has 1 saturated heterocycles. The fourth-order valence-corrected chi connectivity index (χ4v) is 3.48. The van der Waals surface area contributed by atoms with Crippen molar-refractivity contribution in [3.8, 4) is 0 Å². The summed E-state index contributed by atoms with van der Waals surface area (Å²) in [5.41, 5.74) is 2.72. The largest absolute Gasteiger partial charge is 0.350 e. The van der Waals surface area contributed by atoms with Crippen LogP contribution in [-0.2, 0) is 22.3 Å². The van der Waals surface area contributed by atoms with Gasteiger partial charge in [0.2, 0.25) is 0 Å². The summed E-state index contributed by atoms with van der Waals surface area (Å²) in [5, 5.41) is 0. The summed E-state index contributed by atoms with van der Waals surface area (Å²) >= 11 is 0. The molecule has 0 aromatic heterocycles. The molecule has 3 radical (unpaired) electrons. The fourth-order valence-electron chi connectivity index (χ4n) is 3.22. The zero-order valence-electron chi connectivity index (χ0n) is 14.1. The van der Waals surface area contributed by atoms with E-state index in [1.54, 1.807) is 0 Å². The van der Waals surface area contributed by atoms with E-state index < -0.39 is 0 Å². The number of hydrogen-bond donors (Lipinski definition) is 0. The SMILES string of the molecule is [Si]C[C@@H]1C[C@@H](CCc2ccccc2)O[C@H](CCc2ccccc2)O1. The molecule has 125 valence electrons. The molecule has 0 aliphatic carbocycles. The van der Waals surface area contributed by atoms with E-state index >= 15 is 0 Å². The van der Waals surface area contributed by atoms with Crippen LogP contribution in [0.1, 0.15) is 30.4 Å². The van der Waals surface area contributed by atoms with Gasteiger partial charge in [-0.1, -0.05) is 60.7 Å². The average Bonchev–Trinajstić information content (AvgIpc) is 2.66. The third-order valence-electron chi connectivity index (χ3n) is 4.55. The summed E-state index contributed by atoms with van der Waals surface area (Å²) < 4.78 is 12.3. The fraction of sp³-hybridized carbons (Fsp3) is 0.429. The Kier molecular flexibility index (Phi) is 6.64. The standard InChI is InChI=1S/C21H25O2Si/c24-16-20-15-19(13-11-17-7-3-1-4-8-17)22-21(23-20)14-12-18-9-5-2-6-10-18/h1-10,19-21H,11-16H2/t19-,20+,21+/m1/s1. The Hall–Kier alpha value is -1.42. The molecule has 2 aromatic rings. The molecule has 1 heterocycles. The van der Waals surface area contributed by atoms with Crippen LogP contribution < -0.4 is 0 Å². The summed E-state index contributed by atoms with van der Waals surface area (Å²) in [7, 11) is 3.63. The Morgan fingerprint density at radius 3 is 1.88 bits per heavy atom. The van der Waals surface area contributed by atoms with Gasteiger partial charge in [-0.3, -0.25) is 0 Å². The molecule has 0 N–H and O–H groups in total. The Morgan fingerprint density at radius 2 is 1.29 bits per heavy atom. The summed E-state index contributed by atoms with van der Waals surface area (Å²) in [6.45, 7) is 0. The quantitative estimate of drug-likeness (QED) is 0.700. The maximum absolute atomic E-state index is 6.22. The van der Waals surface area contributed by atoms with Crippen molar-refractivity contribution in [3.05, 3.63) is 71.8 Å². The maximum atomic E-state index is 6.22. The lowest BCUT2D eigenvalue weighted by atomic mass is 10.0. The first-order chi connectivity index (χ1) is 11.8. The molecular formula is C21H25O2Si. The van der Waals surface area contributed by atoms with E-state index in [4.69, 9.17) is 9.47 Å². The molecule has 1 aliphatic heterocycles. The molecule has 3 heteroatoms. The molecule has 0 saturated carbocycles. The lowest BCUT2D eigenvalue weighted by Gasteiger charge is -2.35. The Balaban J connectivity index is 1.51. The summed E-state index contributed by atoms with van der Waals surface area (Å²) in [6.07, 6.45) is 5.42. The van der Waals surface area contributed by atoms with E-state index in [-0.39, 0.29) is 18.5 Å². The first kappa shape index (κ1) is 17.4. The van der Waals surface area contributed by atoms with Gasteiger partial charge in [0.15, 0.2) is 6.29 Å². The van der Waals surface area contributed by atoms with E-state index in [2.05, 4.69) is 70.9 Å². The van der Waals surface area contributed by atoms with E-state index in [1.807, 2.05) is 0 Å². The van der Waals surface area contributed by atoms with E-state index in [0.29, 0.717) is 0 Å². The predicted octanol–water partition coefficient (Wildman–Crippen LogP) is 4.34. The normalized spacial score (nSPS) is 24.0. The molecular weight excluding hydrogens is 312 g/mol. The molecule has 0 amide bonds. The van der Waals surface area contributed by atoms with Crippen molar-refractivity contribution < 1.29 is 9.47 Å². The Labute approximate surface area is 148 Å². The minimum atomic E-state index is -0.0962. The number of benzene rings is 2. The zero-order valence-corrected chi connectivity index (χ0v) is 15.1. The number of rotatable bonds is 7. The van der Waals surface area contributed by atoms with Crippen molar-refractivity contribution in [1.29, 1.82) is 0 Å². The van der Waals surface area contributed by atoms with Gasteiger partial charge in [0.25, 0.3) is 0 Å². The van der Waals surface area contributed by atoms with Crippen LogP contribution in [0.15, 0.2) is 60.7 Å². The Bertz CT molecular complexity index is 536. The minimum absolute atomic E-state index is 0.0962. The number of ether oxygens (including phenoxy) is 2. The van der Waals surface area contributed by atoms with Gasteiger partial charge in [-0.15, -0.1) is 0 Å². The van der Waals surface area contributed by atoms with Crippen LogP contribution in [0.4, 0.5) is 0 Å². The first-order valence-electron chi connectivity index (χ1n) is 8.87. The van der Waals surface area contributed by atoms with Gasteiger partial charge in [0.05, 0.1) is 12.2 Å². The number of hydrogen-bond acceptors (Lipinski definition) is 2. The van der Waals surface area contributed by atoms with Crippen molar-refractivity contribution in [2.75, 3.05) is 0 Å². The van der Waals surface area contributed by atoms with E-state index in [9.17, 15) is 0 Å². The first-order valence-corrected chi connectivity index (χ1v) is 9.57. The van der Waals surface area contributed by atoms with Crippen LogP contribution >= 0.6 is 0 Å². The highest BCUT2D eigenvalue weighted by atomic mass is 28.1. The van der Waals surface area contributed by atoms with Gasteiger partial charge >= 0.3 is 0 Å². The Morgan fingerprint density at radius 1 is 0.750 bits per heavy atom. The van der Waals surface area contributed by atoms with Gasteiger partial charge in [-0.2, -0.15) is 0 Å². The monoisotopic (exact) mass is 337 g/mol. The van der Waals surface area contributed by atoms with Crippen LogP contribution in [0.5, 0.6) is 0 Å². The van der Waals surface area contributed by atoms with Crippen LogP contribution in [0.2, 0.25) is 6.04 Å². The smallest absolute Gasteiger partial charge is 0.158 e. The molecule has 1 fully saturated rings. The maximum Gasteiger partial charge on any atom is 0.158 e. The topological polar surface area (TPSA) is 18.5 Å². The van der Waals surface area contributed by atoms with Crippen molar-refractivity contribution in [3.63, 3.8) is 0 Å². The second-order valence-electron chi connectivity index (χ2n) is 6.43. The van der Waals surface area contributed by atoms with Crippen LogP contribution in [0.3, 0.4) is 0 Å². The highest BCUT2D eigenvalue weighted by Crippen LogP contribution is 2.26. The zero-order chi connectivity index (χ0) is 16.6. The molecule has 0 spiro atoms. The van der Waals surface area contributed by atoms with Gasteiger partial charge in [-0.25, -0.2) is 0 Å². The summed E-state index contributed by atoms with van der Waals surface area (Å²) in [4.78, 5) is 0. The van der Waals surface area contributed by atoms with E-state index in [1.165, 1.54) is 11.1 Å². The predicted molar refractivity (Wildman–Crippen MR) is 98.2 cm³/mol. The van der Waals surface area contributed by atoms with Crippen molar-refractivity contribution in [2.45, 2.75) is 56.6 Å². The second-order valence-corrected chi connectivity index (χ2v) is 6.84. The molecule has 24 heavy (non-hydrogen) atoms. The summed E-state index contributed by atoms with van der Waals surface area (Å²) in [6, 6.07) is 22.1. The lowest BCUT2D eigenvalue weighted by Crippen LogP contribution is -2.38. The second kappa shape index (κ2) is 9.16. The molecule has 2 aromatic carbocycles. The summed E-state index contributed by atoms with van der Waals surface area (Å²) in [5.74, 6) is 0. The minimum Gasteiger partial charge on any atom is -0.350 e. The average molecular weight is 338 g/mol. The molecule has 0 bridgehead atoms. The van der Waals surface area contributed by atoms with Gasteiger partial charge in [0, 0.05) is 16.7 Å². The molecule has 1 aliphatic rings. The number of aryl methyl sites for hydroxylation is 2. The molecule has 0 unspecified atom stereocenters. The van der Waals surface area contributed by atoms with Gasteiger partial charge < -0.3 is 9.47 Å². The van der Waals surface area contributed by atoms with Crippen LogP contribution in [0, 0.1) is 0 Å². The lowest BCUT2D eigenvalue weighted by molar-refractivity contribution is -0.241. The van der Waals surface area contributed by atoms with Crippen LogP contribution in [-0.4, -0.2) is 28.7 Å². The van der Waals surface area contributed by atoms with E-state index in [0.717, 1.165) is 38.1 Å². The third kappa shape index (κ3) is 5.30. The third-order valence-corrected chi connectivity index (χ3v) is 5.01. The highest BCUT2D eigenvalue weighted by molar-refractivity contribution is 6.08. The van der Waals surface area contributed by atoms with Crippen LogP contribution in [0.25, 0.3) is 0 Å². The molecule has 2 nitrogen and oxygen atoms in total. The molecule has 3 rings (SSSR count). The highest BCUT2D eigenvalue weighted by Gasteiger charge is 2.28. The van der Waals surface area contributed by atoms with Crippen molar-refractivity contribution >= 4 is 10.2 Å². The molecule has 3 atom stereocenters. The van der Waals surface area contributed by atoms with Crippen molar-refractivity contribution in [1.82, 2.24) is 0 Å². The van der Waals surface area contributed by atoms with Gasteiger partial charge in [-0.05, 0) is 42.9 Å².